The number of aliphatic hydroxyl groups is 4. The third-order valence-electron chi connectivity index (χ3n) is 14.9. The fourth-order valence-electron chi connectivity index (χ4n) is 9.40. The van der Waals surface area contributed by atoms with Crippen LogP contribution in [0.5, 0.6) is 0 Å². The van der Waals surface area contributed by atoms with Gasteiger partial charge >= 0.3 is 23.9 Å². The van der Waals surface area contributed by atoms with Crippen molar-refractivity contribution in [1.82, 2.24) is 14.7 Å². The molecule has 0 heterocycles. The molecule has 100 heavy (non-hydrogen) atoms. The zero-order chi connectivity index (χ0) is 74.9. The molecule has 0 aliphatic heterocycles. The molecule has 25 heteroatoms. The highest BCUT2D eigenvalue weighted by Crippen LogP contribution is 2.11. The number of rotatable bonds is 72. The summed E-state index contributed by atoms with van der Waals surface area (Å²) >= 11 is 0. The molecular weight excluding hydrogens is 1290 g/mol. The highest BCUT2D eigenvalue weighted by molar-refractivity contribution is 5.81. The van der Waals surface area contributed by atoms with E-state index >= 15 is 0 Å². The van der Waals surface area contributed by atoms with Crippen LogP contribution >= 0.6 is 0 Å². The summed E-state index contributed by atoms with van der Waals surface area (Å²) in [6.45, 7) is 36.9. The van der Waals surface area contributed by atoms with E-state index in [1.165, 1.54) is 89.9 Å². The van der Waals surface area contributed by atoms with Gasteiger partial charge in [-0.3, -0.25) is 9.69 Å². The van der Waals surface area contributed by atoms with Gasteiger partial charge in [0.1, 0.15) is 26.4 Å². The van der Waals surface area contributed by atoms with Crippen molar-refractivity contribution < 1.29 is 106 Å². The van der Waals surface area contributed by atoms with E-state index in [4.69, 9.17) is 56.8 Å². The maximum atomic E-state index is 11.0. The Bertz CT molecular complexity index is 1820. The quantitative estimate of drug-likeness (QED) is 0.0191. The van der Waals surface area contributed by atoms with Crippen molar-refractivity contribution in [1.29, 1.82) is 0 Å². The van der Waals surface area contributed by atoms with Crippen molar-refractivity contribution in [3.8, 4) is 0 Å². The van der Waals surface area contributed by atoms with Gasteiger partial charge in [-0.2, -0.15) is 0 Å². The van der Waals surface area contributed by atoms with E-state index in [9.17, 15) is 39.6 Å². The Morgan fingerprint density at radius 2 is 0.610 bits per heavy atom. The summed E-state index contributed by atoms with van der Waals surface area (Å²) in [5.74, 6) is -1.61. The summed E-state index contributed by atoms with van der Waals surface area (Å²) in [6, 6.07) is 0. The molecule has 0 aliphatic carbocycles. The van der Waals surface area contributed by atoms with Crippen LogP contribution < -0.4 is 0 Å². The first-order valence-electron chi connectivity index (χ1n) is 37.5. The number of ether oxygens (including phenoxy) is 14. The Hall–Kier alpha value is -3.58. The van der Waals surface area contributed by atoms with Crippen LogP contribution in [0.15, 0.2) is 38.0 Å². The molecule has 0 aromatic heterocycles. The molecule has 4 N–H and O–H groups in total. The van der Waals surface area contributed by atoms with Crippen LogP contribution in [0.25, 0.3) is 0 Å². The number of hydrogen-bond donors (Lipinski definition) is 4. The van der Waals surface area contributed by atoms with Gasteiger partial charge in [-0.1, -0.05) is 144 Å². The van der Waals surface area contributed by atoms with Gasteiger partial charge < -0.3 is 96.5 Å². The Morgan fingerprint density at radius 1 is 0.330 bits per heavy atom. The fourth-order valence-corrected chi connectivity index (χ4v) is 9.40. The molecule has 0 bridgehead atoms. The average molecular weight is 1440 g/mol. The van der Waals surface area contributed by atoms with E-state index in [1.807, 2.05) is 34.6 Å². The molecule has 8 atom stereocenters. The number of hydrogen-bond acceptors (Lipinski definition) is 25. The number of likely N-dealkylation sites (N-methyl/N-ethyl adjacent to an activating group) is 2. The standard InChI is InChI=1S/C50H105N3O10.C13H22O6.C12H18O6/c1-10-13-16-19-22-25-28-51(8)31-47(54)39-58-35-43(4)61-38-46(7)63-42-50(57)34-53(30-27-24-21-18-15-12-3)33-49(56)40-59-36-44(5)60-37-45(6)62-41-48(55)32-52(9)29-26-23-20-17-14-11-2;1-3-5-13(15)19-11-9-17-7-6-16-8-10-18-12(14)4-2;1-3-11(13)17-9-7-15-5-6-16-8-10-18-12(14)4-2/h43-50,54-57H,10-42H2,1-9H3;4H,2-3,5-11H2,1H3;3-4H,1-2,5-10H2. The molecule has 0 aromatic carbocycles. The van der Waals surface area contributed by atoms with Gasteiger partial charge in [0.15, 0.2) is 0 Å². The lowest BCUT2D eigenvalue weighted by atomic mass is 10.1. The Labute approximate surface area is 604 Å². The molecule has 0 spiro atoms. The molecule has 0 amide bonds. The van der Waals surface area contributed by atoms with Crippen LogP contribution in [0.4, 0.5) is 0 Å². The molecule has 25 nitrogen and oxygen atoms in total. The molecule has 0 saturated carbocycles. The summed E-state index contributed by atoms with van der Waals surface area (Å²) in [4.78, 5) is 49.4. The summed E-state index contributed by atoms with van der Waals surface area (Å²) < 4.78 is 74.9. The number of esters is 4. The van der Waals surface area contributed by atoms with E-state index in [0.29, 0.717) is 112 Å². The van der Waals surface area contributed by atoms with Crippen LogP contribution in [0.3, 0.4) is 0 Å². The molecular formula is C75H145N3O22. The summed E-state index contributed by atoms with van der Waals surface area (Å²) in [7, 11) is 4.11. The summed E-state index contributed by atoms with van der Waals surface area (Å²) in [5.41, 5.74) is 0. The Balaban J connectivity index is -0.00000204. The van der Waals surface area contributed by atoms with Crippen molar-refractivity contribution in [3.63, 3.8) is 0 Å². The number of carbonyl (C=O) groups excluding carboxylic acids is 4. The molecule has 0 aliphatic rings. The third-order valence-corrected chi connectivity index (χ3v) is 14.9. The minimum atomic E-state index is -0.716. The monoisotopic (exact) mass is 1440 g/mol. The van der Waals surface area contributed by atoms with Crippen molar-refractivity contribution in [2.45, 2.75) is 233 Å². The lowest BCUT2D eigenvalue weighted by molar-refractivity contribution is -0.145. The highest BCUT2D eigenvalue weighted by Gasteiger charge is 2.20. The minimum Gasteiger partial charge on any atom is -0.463 e. The molecule has 0 radical (unpaired) electrons. The zero-order valence-electron chi connectivity index (χ0n) is 64.2. The third kappa shape index (κ3) is 77.0. The van der Waals surface area contributed by atoms with Crippen LogP contribution in [0.2, 0.25) is 0 Å². The lowest BCUT2D eigenvalue weighted by Crippen LogP contribution is -2.42. The predicted molar refractivity (Wildman–Crippen MR) is 391 cm³/mol. The largest absolute Gasteiger partial charge is 0.463 e. The number of unbranched alkanes of at least 4 members (excludes halogenated alkanes) is 15. The van der Waals surface area contributed by atoms with Crippen LogP contribution in [0, 0.1) is 0 Å². The summed E-state index contributed by atoms with van der Waals surface area (Å²) in [5, 5.41) is 42.8. The second-order valence-corrected chi connectivity index (χ2v) is 25.4. The molecule has 0 saturated heterocycles. The van der Waals surface area contributed by atoms with E-state index < -0.39 is 42.3 Å². The Kier molecular flexibility index (Phi) is 77.0. The van der Waals surface area contributed by atoms with E-state index in [0.717, 1.165) is 70.0 Å². The van der Waals surface area contributed by atoms with Crippen LogP contribution in [0.1, 0.15) is 184 Å². The van der Waals surface area contributed by atoms with Gasteiger partial charge in [-0.05, 0) is 87.1 Å². The average Bonchev–Trinajstić information content (AvgIpc) is 1.07. The normalized spacial score (nSPS) is 13.8. The van der Waals surface area contributed by atoms with Crippen molar-refractivity contribution in [3.05, 3.63) is 38.0 Å². The van der Waals surface area contributed by atoms with Crippen LogP contribution in [-0.4, -0.2) is 300 Å². The van der Waals surface area contributed by atoms with Crippen molar-refractivity contribution in [2.75, 3.05) is 192 Å². The first kappa shape index (κ1) is 101. The second-order valence-electron chi connectivity index (χ2n) is 25.4. The highest BCUT2D eigenvalue weighted by atomic mass is 16.6. The van der Waals surface area contributed by atoms with Gasteiger partial charge in [-0.15, -0.1) is 0 Å². The smallest absolute Gasteiger partial charge is 0.330 e. The summed E-state index contributed by atoms with van der Waals surface area (Å²) in [6.07, 6.45) is 23.4. The zero-order valence-corrected chi connectivity index (χ0v) is 64.2. The minimum absolute atomic E-state index is 0.153. The number of nitrogens with zero attached hydrogens (tertiary/aromatic N) is 3. The molecule has 0 fully saturated rings. The van der Waals surface area contributed by atoms with E-state index in [-0.39, 0.29) is 83.2 Å². The number of carbonyl (C=O) groups is 4. The SMILES string of the molecule is C=CC(=O)OCCOCCOCCOC(=O)C=C.C=CC(=O)OCCOCCOCCOC(=O)CCC.CCCCCCCCN(C)CC(O)COCC(C)OCC(C)OCC(O)CN(CCCCCCCC)CC(O)COCC(C)OCC(C)OCC(O)CN(C)CCCCCCCC. The first-order valence-corrected chi connectivity index (χ1v) is 37.5. The van der Waals surface area contributed by atoms with Crippen LogP contribution in [-0.2, 0) is 85.5 Å². The van der Waals surface area contributed by atoms with Gasteiger partial charge in [0.25, 0.3) is 0 Å². The van der Waals surface area contributed by atoms with Gasteiger partial charge in [-0.25, -0.2) is 14.4 Å². The van der Waals surface area contributed by atoms with Gasteiger partial charge in [0.05, 0.1) is 155 Å². The molecule has 0 rings (SSSR count). The lowest BCUT2D eigenvalue weighted by Gasteiger charge is -2.28. The number of aliphatic hydroxyl groups excluding tert-OH is 4. The fraction of sp³-hybridized carbons (Fsp3) is 0.867. The molecule has 592 valence electrons. The van der Waals surface area contributed by atoms with E-state index in [2.05, 4.69) is 78.8 Å². The molecule has 8 unspecified atom stereocenters. The maximum Gasteiger partial charge on any atom is 0.330 e. The maximum absolute atomic E-state index is 11.0. The Morgan fingerprint density at radius 3 is 0.960 bits per heavy atom. The van der Waals surface area contributed by atoms with Crippen molar-refractivity contribution >= 4 is 23.9 Å². The van der Waals surface area contributed by atoms with E-state index in [1.54, 1.807) is 0 Å². The first-order chi connectivity index (χ1) is 48.2. The van der Waals surface area contributed by atoms with Gasteiger partial charge in [0.2, 0.25) is 0 Å². The predicted octanol–water partition coefficient (Wildman–Crippen LogP) is 8.90. The topological polar surface area (TPSA) is 288 Å². The van der Waals surface area contributed by atoms with Gasteiger partial charge in [0, 0.05) is 50.8 Å². The molecule has 0 aromatic rings. The second kappa shape index (κ2) is 76.5. The van der Waals surface area contributed by atoms with Crippen molar-refractivity contribution in [2.24, 2.45) is 0 Å².